The van der Waals surface area contributed by atoms with Crippen LogP contribution in [0.1, 0.15) is 16.8 Å². The maximum Gasteiger partial charge on any atom is 0.252 e. The highest BCUT2D eigenvalue weighted by Gasteiger charge is 2.17. The molecule has 7 heteroatoms. The average Bonchev–Trinajstić information content (AvgIpc) is 3.30. The Balaban J connectivity index is 1.76. The van der Waals surface area contributed by atoms with Crippen molar-refractivity contribution in [2.45, 2.75) is 20.4 Å². The van der Waals surface area contributed by atoms with Gasteiger partial charge < -0.3 is 0 Å². The van der Waals surface area contributed by atoms with E-state index >= 15 is 0 Å². The van der Waals surface area contributed by atoms with E-state index in [2.05, 4.69) is 10.3 Å². The van der Waals surface area contributed by atoms with Crippen molar-refractivity contribution in [2.75, 3.05) is 0 Å². The number of hydrogen-bond donors (Lipinski definition) is 0. The molecule has 0 spiro atoms. The monoisotopic (exact) mass is 371 g/mol. The summed E-state index contributed by atoms with van der Waals surface area (Å²) in [6.07, 6.45) is 0. The standard InChI is InChI=1S/C21H17N5O2/c1-13-10-19(27)25(12-15-8-9-17-18(11-15)24-28-23-17)21-20(13)14(2)22-26(21)16-6-4-3-5-7-16/h3-11H,12H2,1-2H3. The van der Waals surface area contributed by atoms with Crippen LogP contribution in [0.25, 0.3) is 27.8 Å². The molecular weight excluding hydrogens is 354 g/mol. The minimum atomic E-state index is -0.0690. The molecule has 3 heterocycles. The van der Waals surface area contributed by atoms with Gasteiger partial charge in [-0.25, -0.2) is 9.31 Å². The zero-order valence-electron chi connectivity index (χ0n) is 15.5. The summed E-state index contributed by atoms with van der Waals surface area (Å²) < 4.78 is 8.37. The number of aromatic nitrogens is 5. The SMILES string of the molecule is Cc1cc(=O)n(Cc2ccc3nonc3c2)c2c1c(C)nn2-c1ccccc1. The highest BCUT2D eigenvalue weighted by atomic mass is 16.6. The fraction of sp³-hybridized carbons (Fsp3) is 0.143. The van der Waals surface area contributed by atoms with E-state index in [4.69, 9.17) is 9.73 Å². The number of para-hydroxylation sites is 1. The van der Waals surface area contributed by atoms with Gasteiger partial charge >= 0.3 is 0 Å². The van der Waals surface area contributed by atoms with Gasteiger partial charge in [0.1, 0.15) is 16.7 Å². The van der Waals surface area contributed by atoms with Crippen LogP contribution in [-0.4, -0.2) is 24.7 Å². The zero-order chi connectivity index (χ0) is 19.3. The molecule has 7 nitrogen and oxygen atoms in total. The van der Waals surface area contributed by atoms with Crippen LogP contribution >= 0.6 is 0 Å². The van der Waals surface area contributed by atoms with Crippen LogP contribution < -0.4 is 5.56 Å². The van der Waals surface area contributed by atoms with Crippen molar-refractivity contribution in [3.05, 3.63) is 81.8 Å². The molecule has 0 atom stereocenters. The summed E-state index contributed by atoms with van der Waals surface area (Å²) in [4.78, 5) is 12.9. The first-order chi connectivity index (χ1) is 13.6. The Hall–Kier alpha value is -3.74. The summed E-state index contributed by atoms with van der Waals surface area (Å²) in [6, 6.07) is 17.2. The highest BCUT2D eigenvalue weighted by molar-refractivity contribution is 5.84. The molecule has 138 valence electrons. The smallest absolute Gasteiger partial charge is 0.252 e. The molecule has 0 aliphatic carbocycles. The number of fused-ring (bicyclic) bond motifs is 2. The molecule has 2 aromatic carbocycles. The molecule has 0 fully saturated rings. The van der Waals surface area contributed by atoms with Crippen molar-refractivity contribution >= 4 is 22.1 Å². The van der Waals surface area contributed by atoms with E-state index in [0.29, 0.717) is 17.6 Å². The lowest BCUT2D eigenvalue weighted by atomic mass is 10.1. The van der Waals surface area contributed by atoms with Gasteiger partial charge in [0.15, 0.2) is 0 Å². The summed E-state index contributed by atoms with van der Waals surface area (Å²) >= 11 is 0. The van der Waals surface area contributed by atoms with Crippen LogP contribution in [0.15, 0.2) is 64.0 Å². The van der Waals surface area contributed by atoms with E-state index in [0.717, 1.165) is 33.5 Å². The van der Waals surface area contributed by atoms with Gasteiger partial charge in [0.05, 0.1) is 17.9 Å². The maximum absolute atomic E-state index is 12.9. The molecule has 0 saturated heterocycles. The van der Waals surface area contributed by atoms with Crippen molar-refractivity contribution < 1.29 is 4.63 Å². The molecule has 0 aliphatic heterocycles. The Labute approximate surface area is 159 Å². The van der Waals surface area contributed by atoms with Gasteiger partial charge in [0.2, 0.25) is 0 Å². The zero-order valence-corrected chi connectivity index (χ0v) is 15.5. The molecule has 0 aliphatic rings. The van der Waals surface area contributed by atoms with Gasteiger partial charge in [0.25, 0.3) is 5.56 Å². The second-order valence-electron chi connectivity index (χ2n) is 6.87. The van der Waals surface area contributed by atoms with Gasteiger partial charge in [-0.1, -0.05) is 24.3 Å². The summed E-state index contributed by atoms with van der Waals surface area (Å²) in [5.41, 5.74) is 5.74. The molecule has 0 N–H and O–H groups in total. The van der Waals surface area contributed by atoms with Crippen molar-refractivity contribution in [3.63, 3.8) is 0 Å². The van der Waals surface area contributed by atoms with Crippen LogP contribution in [0.3, 0.4) is 0 Å². The predicted octanol–water partition coefficient (Wildman–Crippen LogP) is 3.39. The van der Waals surface area contributed by atoms with Crippen LogP contribution in [-0.2, 0) is 6.54 Å². The van der Waals surface area contributed by atoms with E-state index in [1.165, 1.54) is 0 Å². The summed E-state index contributed by atoms with van der Waals surface area (Å²) in [5, 5.41) is 13.5. The van der Waals surface area contributed by atoms with E-state index in [1.54, 1.807) is 10.6 Å². The Kier molecular flexibility index (Phi) is 3.61. The van der Waals surface area contributed by atoms with Gasteiger partial charge in [-0.2, -0.15) is 5.10 Å². The Morgan fingerprint density at radius 3 is 2.57 bits per heavy atom. The van der Waals surface area contributed by atoms with Gasteiger partial charge in [-0.15, -0.1) is 0 Å². The molecular formula is C21H17N5O2. The van der Waals surface area contributed by atoms with Gasteiger partial charge in [-0.05, 0) is 59.6 Å². The number of pyridine rings is 1. The quantitative estimate of drug-likeness (QED) is 0.486. The third kappa shape index (κ3) is 2.51. The number of nitrogens with zero attached hydrogens (tertiary/aromatic N) is 5. The van der Waals surface area contributed by atoms with E-state index < -0.39 is 0 Å². The molecule has 0 unspecified atom stereocenters. The molecule has 0 bridgehead atoms. The second-order valence-corrected chi connectivity index (χ2v) is 6.87. The molecule has 5 aromatic rings. The summed E-state index contributed by atoms with van der Waals surface area (Å²) in [5.74, 6) is 0. The number of hydrogen-bond acceptors (Lipinski definition) is 5. The maximum atomic E-state index is 12.9. The molecule has 28 heavy (non-hydrogen) atoms. The van der Waals surface area contributed by atoms with Gasteiger partial charge in [0, 0.05) is 11.5 Å². The minimum absolute atomic E-state index is 0.0690. The molecule has 3 aromatic heterocycles. The highest BCUT2D eigenvalue weighted by Crippen LogP contribution is 2.24. The Morgan fingerprint density at radius 2 is 1.75 bits per heavy atom. The molecule has 0 amide bonds. The van der Waals surface area contributed by atoms with Crippen LogP contribution in [0.4, 0.5) is 0 Å². The average molecular weight is 371 g/mol. The fourth-order valence-electron chi connectivity index (χ4n) is 3.68. The van der Waals surface area contributed by atoms with Crippen LogP contribution in [0.2, 0.25) is 0 Å². The second kappa shape index (κ2) is 6.16. The first kappa shape index (κ1) is 16.4. The fourth-order valence-corrected chi connectivity index (χ4v) is 3.68. The first-order valence-electron chi connectivity index (χ1n) is 8.98. The number of rotatable bonds is 3. The van der Waals surface area contributed by atoms with E-state index in [1.807, 2.05) is 67.1 Å². The number of aryl methyl sites for hydroxylation is 2. The molecule has 5 rings (SSSR count). The normalized spacial score (nSPS) is 11.5. The number of benzene rings is 2. The minimum Gasteiger partial charge on any atom is -0.288 e. The summed E-state index contributed by atoms with van der Waals surface area (Å²) in [7, 11) is 0. The molecule has 0 radical (unpaired) electrons. The lowest BCUT2D eigenvalue weighted by Crippen LogP contribution is -2.22. The van der Waals surface area contributed by atoms with E-state index in [-0.39, 0.29) is 5.56 Å². The largest absolute Gasteiger partial charge is 0.288 e. The lowest BCUT2D eigenvalue weighted by Gasteiger charge is -2.12. The topological polar surface area (TPSA) is 78.7 Å². The summed E-state index contributed by atoms with van der Waals surface area (Å²) in [6.45, 7) is 4.32. The lowest BCUT2D eigenvalue weighted by molar-refractivity contribution is 0.315. The van der Waals surface area contributed by atoms with Gasteiger partial charge in [-0.3, -0.25) is 9.36 Å². The van der Waals surface area contributed by atoms with Crippen LogP contribution in [0.5, 0.6) is 0 Å². The first-order valence-corrected chi connectivity index (χ1v) is 8.98. The van der Waals surface area contributed by atoms with E-state index in [9.17, 15) is 4.79 Å². The Morgan fingerprint density at radius 1 is 0.964 bits per heavy atom. The van der Waals surface area contributed by atoms with Crippen molar-refractivity contribution in [1.82, 2.24) is 24.7 Å². The Bertz CT molecular complexity index is 1380. The third-order valence-electron chi connectivity index (χ3n) is 4.95. The van der Waals surface area contributed by atoms with Crippen LogP contribution in [0, 0.1) is 13.8 Å². The predicted molar refractivity (Wildman–Crippen MR) is 106 cm³/mol. The van der Waals surface area contributed by atoms with Crippen molar-refractivity contribution in [3.8, 4) is 5.69 Å². The van der Waals surface area contributed by atoms with Crippen molar-refractivity contribution in [2.24, 2.45) is 0 Å². The molecule has 0 saturated carbocycles. The third-order valence-corrected chi connectivity index (χ3v) is 4.95. The van der Waals surface area contributed by atoms with Crippen molar-refractivity contribution in [1.29, 1.82) is 0 Å².